The molecular weight excluding hydrogens is 307 g/mol. The number of hydrogen-bond donors (Lipinski definition) is 0. The Kier molecular flexibility index (Phi) is 4.53. The smallest absolute Gasteiger partial charge is 0.200 e. The first-order chi connectivity index (χ1) is 8.05. The SMILES string of the molecule is C=CC(F)(F)C(N(C(F)(F)F)C(F)(F)F)C(F)(F)F. The van der Waals surface area contributed by atoms with Crippen LogP contribution in [0.1, 0.15) is 0 Å². The molecule has 1 nitrogen and oxygen atoms in total. The Bertz CT molecular complexity index is 307. The molecule has 0 N–H and O–H groups in total. The first-order valence-electron chi connectivity index (χ1n) is 4.06. The molecule has 0 spiro atoms. The van der Waals surface area contributed by atoms with E-state index in [-0.39, 0.29) is 0 Å². The molecule has 114 valence electrons. The van der Waals surface area contributed by atoms with E-state index < -0.39 is 41.7 Å². The van der Waals surface area contributed by atoms with Gasteiger partial charge in [-0.2, -0.15) is 48.3 Å². The third-order valence-electron chi connectivity index (χ3n) is 1.75. The molecular formula is C7H4F11N. The molecule has 0 aliphatic heterocycles. The summed E-state index contributed by atoms with van der Waals surface area (Å²) in [5.41, 5.74) is 0. The van der Waals surface area contributed by atoms with Crippen LogP contribution in [0.25, 0.3) is 0 Å². The molecule has 0 heterocycles. The zero-order valence-corrected chi connectivity index (χ0v) is 8.47. The lowest BCUT2D eigenvalue weighted by Crippen LogP contribution is -2.64. The molecule has 0 rings (SSSR count). The summed E-state index contributed by atoms with van der Waals surface area (Å²) < 4.78 is 134. The molecule has 0 bridgehead atoms. The fraction of sp³-hybridized carbons (Fsp3) is 0.714. The van der Waals surface area contributed by atoms with Crippen molar-refractivity contribution in [2.24, 2.45) is 0 Å². The van der Waals surface area contributed by atoms with E-state index in [4.69, 9.17) is 0 Å². The van der Waals surface area contributed by atoms with Crippen LogP contribution in [-0.4, -0.2) is 35.6 Å². The summed E-state index contributed by atoms with van der Waals surface area (Å²) in [4.78, 5) is -3.21. The molecule has 0 fully saturated rings. The van der Waals surface area contributed by atoms with E-state index in [1.165, 1.54) is 0 Å². The Morgan fingerprint density at radius 3 is 1.21 bits per heavy atom. The lowest BCUT2D eigenvalue weighted by molar-refractivity contribution is -0.422. The molecule has 0 aromatic rings. The fourth-order valence-corrected chi connectivity index (χ4v) is 1.08. The molecule has 19 heavy (non-hydrogen) atoms. The van der Waals surface area contributed by atoms with E-state index in [0.717, 1.165) is 0 Å². The monoisotopic (exact) mass is 311 g/mol. The van der Waals surface area contributed by atoms with Gasteiger partial charge in [0, 0.05) is 0 Å². The van der Waals surface area contributed by atoms with Crippen LogP contribution >= 0.6 is 0 Å². The molecule has 1 atom stereocenters. The first kappa shape index (κ1) is 17.9. The summed E-state index contributed by atoms with van der Waals surface area (Å²) >= 11 is 0. The first-order valence-corrected chi connectivity index (χ1v) is 4.06. The Labute approximate surface area is 97.8 Å². The van der Waals surface area contributed by atoms with Gasteiger partial charge in [0.1, 0.15) is 0 Å². The minimum atomic E-state index is -6.70. The zero-order chi connectivity index (χ0) is 15.9. The van der Waals surface area contributed by atoms with Crippen molar-refractivity contribution in [2.45, 2.75) is 30.7 Å². The molecule has 0 aliphatic carbocycles. The summed E-state index contributed by atoms with van der Waals surface area (Å²) in [7, 11) is 0. The Balaban J connectivity index is 6.03. The molecule has 0 aromatic carbocycles. The van der Waals surface area contributed by atoms with Crippen molar-refractivity contribution in [3.63, 3.8) is 0 Å². The van der Waals surface area contributed by atoms with Crippen LogP contribution in [0, 0.1) is 0 Å². The third kappa shape index (κ3) is 4.21. The lowest BCUT2D eigenvalue weighted by atomic mass is 10.1. The zero-order valence-electron chi connectivity index (χ0n) is 8.47. The number of halogens is 11. The molecule has 0 aromatic heterocycles. The molecule has 0 saturated carbocycles. The molecule has 0 saturated heterocycles. The summed E-state index contributed by atoms with van der Waals surface area (Å²) in [5.74, 6) is -5.50. The van der Waals surface area contributed by atoms with Crippen molar-refractivity contribution in [3.8, 4) is 0 Å². The van der Waals surface area contributed by atoms with Gasteiger partial charge in [-0.15, -0.1) is 4.90 Å². The largest absolute Gasteiger partial charge is 0.467 e. The third-order valence-corrected chi connectivity index (χ3v) is 1.75. The van der Waals surface area contributed by atoms with Gasteiger partial charge in [0.2, 0.25) is 0 Å². The maximum absolute atomic E-state index is 12.7. The van der Waals surface area contributed by atoms with E-state index in [0.29, 0.717) is 0 Å². The van der Waals surface area contributed by atoms with Crippen LogP contribution in [-0.2, 0) is 0 Å². The Morgan fingerprint density at radius 2 is 1.05 bits per heavy atom. The van der Waals surface area contributed by atoms with Crippen molar-refractivity contribution in [1.29, 1.82) is 0 Å². The highest BCUT2D eigenvalue weighted by Gasteiger charge is 2.70. The average molecular weight is 311 g/mol. The molecule has 12 heteroatoms. The molecule has 0 radical (unpaired) electrons. The highest BCUT2D eigenvalue weighted by molar-refractivity contribution is 5.02. The van der Waals surface area contributed by atoms with Gasteiger partial charge in [-0.1, -0.05) is 6.58 Å². The van der Waals surface area contributed by atoms with E-state index >= 15 is 0 Å². The van der Waals surface area contributed by atoms with Crippen LogP contribution < -0.4 is 0 Å². The summed E-state index contributed by atoms with van der Waals surface area (Å²) in [5, 5.41) is 0. The number of rotatable bonds is 3. The quantitative estimate of drug-likeness (QED) is 0.431. The summed E-state index contributed by atoms with van der Waals surface area (Å²) in [6.45, 7) is 2.10. The van der Waals surface area contributed by atoms with Crippen molar-refractivity contribution in [1.82, 2.24) is 4.90 Å². The molecule has 0 amide bonds. The fourth-order valence-electron chi connectivity index (χ4n) is 1.08. The van der Waals surface area contributed by atoms with E-state index in [1.807, 2.05) is 0 Å². The number of nitrogens with zero attached hydrogens (tertiary/aromatic N) is 1. The van der Waals surface area contributed by atoms with Gasteiger partial charge < -0.3 is 0 Å². The Hall–Kier alpha value is -1.07. The predicted molar refractivity (Wildman–Crippen MR) is 38.9 cm³/mol. The van der Waals surface area contributed by atoms with Gasteiger partial charge in [-0.25, -0.2) is 0 Å². The van der Waals surface area contributed by atoms with Crippen LogP contribution in [0.5, 0.6) is 0 Å². The van der Waals surface area contributed by atoms with E-state index in [1.54, 1.807) is 0 Å². The second-order valence-corrected chi connectivity index (χ2v) is 3.13. The van der Waals surface area contributed by atoms with Crippen molar-refractivity contribution < 1.29 is 48.3 Å². The number of alkyl halides is 11. The van der Waals surface area contributed by atoms with Crippen molar-refractivity contribution >= 4 is 0 Å². The van der Waals surface area contributed by atoms with Crippen molar-refractivity contribution in [3.05, 3.63) is 12.7 Å². The van der Waals surface area contributed by atoms with E-state index in [2.05, 4.69) is 6.58 Å². The van der Waals surface area contributed by atoms with Gasteiger partial charge in [0.25, 0.3) is 5.92 Å². The minimum absolute atomic E-state index is 0.935. The van der Waals surface area contributed by atoms with Crippen LogP contribution in [0.2, 0.25) is 0 Å². The minimum Gasteiger partial charge on any atom is -0.200 e. The van der Waals surface area contributed by atoms with Crippen LogP contribution in [0.4, 0.5) is 48.3 Å². The van der Waals surface area contributed by atoms with Gasteiger partial charge in [0.15, 0.2) is 6.04 Å². The van der Waals surface area contributed by atoms with Crippen molar-refractivity contribution in [2.75, 3.05) is 0 Å². The predicted octanol–water partition coefficient (Wildman–Crippen LogP) is 4.08. The normalized spacial score (nSPS) is 16.6. The van der Waals surface area contributed by atoms with Gasteiger partial charge in [-0.3, -0.25) is 0 Å². The molecule has 0 aliphatic rings. The van der Waals surface area contributed by atoms with Gasteiger partial charge in [0.05, 0.1) is 0 Å². The average Bonchev–Trinajstić information content (AvgIpc) is 2.07. The summed E-state index contributed by atoms with van der Waals surface area (Å²) in [6, 6.07) is -5.16. The van der Waals surface area contributed by atoms with Crippen LogP contribution in [0.15, 0.2) is 12.7 Å². The summed E-state index contributed by atoms with van der Waals surface area (Å²) in [6.07, 6.45) is -20.8. The highest BCUT2D eigenvalue weighted by Crippen LogP contribution is 2.46. The highest BCUT2D eigenvalue weighted by atomic mass is 19.4. The van der Waals surface area contributed by atoms with Crippen LogP contribution in [0.3, 0.4) is 0 Å². The topological polar surface area (TPSA) is 3.24 Å². The molecule has 1 unspecified atom stereocenters. The van der Waals surface area contributed by atoms with E-state index in [9.17, 15) is 48.3 Å². The second-order valence-electron chi connectivity index (χ2n) is 3.13. The number of hydrogen-bond acceptors (Lipinski definition) is 1. The standard InChI is InChI=1S/C7H4F11N/c1-2-4(8,9)3(5(10,11)12)19(6(13,14)15)7(16,17)18/h2-3H,1H2. The lowest BCUT2D eigenvalue weighted by Gasteiger charge is -2.37. The van der Waals surface area contributed by atoms with Gasteiger partial charge in [-0.05, 0) is 6.08 Å². The maximum atomic E-state index is 12.7. The maximum Gasteiger partial charge on any atom is 0.467 e. The van der Waals surface area contributed by atoms with Gasteiger partial charge >= 0.3 is 18.8 Å². The Morgan fingerprint density at radius 1 is 0.737 bits per heavy atom. The second kappa shape index (κ2) is 4.80.